The van der Waals surface area contributed by atoms with Gasteiger partial charge >= 0.3 is 16.8 Å². The highest BCUT2D eigenvalue weighted by molar-refractivity contribution is 7.80. The molecule has 1 N–H and O–H groups in total. The van der Waals surface area contributed by atoms with E-state index in [1.807, 2.05) is 20.8 Å². The molecule has 0 unspecified atom stereocenters. The zero-order valence-corrected chi connectivity index (χ0v) is 17.8. The SMILES string of the molecule is CCN(C(=S)NC(=O)N(CC(C)(C)C)C(=O)Oc1ccccc1)C(F)(Cl)Cl. The molecule has 0 heterocycles. The second-order valence-corrected chi connectivity index (χ2v) is 8.36. The Morgan fingerprint density at radius 2 is 1.78 bits per heavy atom. The summed E-state index contributed by atoms with van der Waals surface area (Å²) in [6, 6.07) is 7.41. The molecule has 0 aliphatic carbocycles. The Labute approximate surface area is 173 Å². The highest BCUT2D eigenvalue weighted by Crippen LogP contribution is 2.27. The van der Waals surface area contributed by atoms with Gasteiger partial charge < -0.3 is 4.74 Å². The summed E-state index contributed by atoms with van der Waals surface area (Å²) < 4.78 is 16.2. The smallest absolute Gasteiger partial charge is 0.410 e. The molecule has 150 valence electrons. The summed E-state index contributed by atoms with van der Waals surface area (Å²) in [6.45, 7) is 7.09. The first-order valence-electron chi connectivity index (χ1n) is 8.09. The Morgan fingerprint density at radius 1 is 1.22 bits per heavy atom. The summed E-state index contributed by atoms with van der Waals surface area (Å²) >= 11 is 15.8. The first-order valence-corrected chi connectivity index (χ1v) is 9.25. The van der Waals surface area contributed by atoms with Gasteiger partial charge in [-0.25, -0.2) is 14.5 Å². The molecule has 0 aromatic heterocycles. The standard InChI is InChI=1S/C17H22Cl2FN3O3S/c1-5-23(17(18,19)20)14(27)21-13(24)22(11-16(2,3)4)15(25)26-12-9-7-6-8-10-12/h6-10H,5,11H2,1-4H3,(H,21,24,27). The Kier molecular flexibility index (Phi) is 8.25. The maximum Gasteiger partial charge on any atom is 0.423 e. The van der Waals surface area contributed by atoms with Gasteiger partial charge in [0.05, 0.1) is 0 Å². The summed E-state index contributed by atoms with van der Waals surface area (Å²) in [7, 11) is 0. The number of carbonyl (C=O) groups is 2. The van der Waals surface area contributed by atoms with Gasteiger partial charge in [0, 0.05) is 13.1 Å². The molecule has 1 aromatic carbocycles. The number of halogens is 3. The van der Waals surface area contributed by atoms with Gasteiger partial charge in [-0.05, 0) is 59.9 Å². The van der Waals surface area contributed by atoms with Crippen LogP contribution in [0, 0.1) is 5.41 Å². The molecule has 0 radical (unpaired) electrons. The first kappa shape index (κ1) is 23.4. The van der Waals surface area contributed by atoms with Crippen molar-refractivity contribution < 1.29 is 18.7 Å². The number of ether oxygens (including phenoxy) is 1. The van der Waals surface area contributed by atoms with E-state index in [-0.39, 0.29) is 24.0 Å². The van der Waals surface area contributed by atoms with Crippen LogP contribution in [-0.4, -0.2) is 44.8 Å². The number of para-hydroxylation sites is 1. The maximum absolute atomic E-state index is 13.8. The Hall–Kier alpha value is -1.64. The Bertz CT molecular complexity index is 678. The number of urea groups is 1. The van der Waals surface area contributed by atoms with Crippen molar-refractivity contribution in [2.24, 2.45) is 5.41 Å². The molecule has 0 saturated carbocycles. The van der Waals surface area contributed by atoms with E-state index < -0.39 is 22.3 Å². The number of alkyl halides is 3. The molecule has 0 bridgehead atoms. The quantitative estimate of drug-likeness (QED) is 0.411. The summed E-state index contributed by atoms with van der Waals surface area (Å²) in [5.41, 5.74) is -0.429. The molecule has 6 nitrogen and oxygen atoms in total. The van der Waals surface area contributed by atoms with E-state index >= 15 is 0 Å². The Morgan fingerprint density at radius 3 is 2.22 bits per heavy atom. The molecule has 1 aromatic rings. The molecule has 0 aliphatic heterocycles. The van der Waals surface area contributed by atoms with E-state index in [2.05, 4.69) is 5.32 Å². The summed E-state index contributed by atoms with van der Waals surface area (Å²) in [4.78, 5) is 26.7. The number of carbonyl (C=O) groups excluding carboxylic acids is 2. The van der Waals surface area contributed by atoms with E-state index in [0.717, 1.165) is 9.80 Å². The number of hydrogen-bond donors (Lipinski definition) is 1. The lowest BCUT2D eigenvalue weighted by atomic mass is 9.96. The van der Waals surface area contributed by atoms with Crippen LogP contribution < -0.4 is 10.1 Å². The van der Waals surface area contributed by atoms with Gasteiger partial charge in [-0.3, -0.25) is 10.2 Å². The molecule has 0 atom stereocenters. The van der Waals surface area contributed by atoms with Gasteiger partial charge in [0.25, 0.3) is 0 Å². The topological polar surface area (TPSA) is 61.9 Å². The number of imide groups is 1. The number of thiocarbonyl (C=S) groups is 1. The monoisotopic (exact) mass is 437 g/mol. The third-order valence-electron chi connectivity index (χ3n) is 3.13. The fourth-order valence-corrected chi connectivity index (χ4v) is 2.85. The van der Waals surface area contributed by atoms with Crippen LogP contribution in [0.15, 0.2) is 30.3 Å². The number of nitrogens with zero attached hydrogens (tertiary/aromatic N) is 2. The van der Waals surface area contributed by atoms with Crippen LogP contribution in [0.2, 0.25) is 0 Å². The van der Waals surface area contributed by atoms with Crippen molar-refractivity contribution in [1.82, 2.24) is 15.1 Å². The maximum atomic E-state index is 13.8. The Balaban J connectivity index is 2.97. The zero-order chi connectivity index (χ0) is 20.8. The lowest BCUT2D eigenvalue weighted by Gasteiger charge is -2.31. The largest absolute Gasteiger partial charge is 0.423 e. The van der Waals surface area contributed by atoms with Crippen LogP contribution in [0.4, 0.5) is 14.0 Å². The molecule has 0 aliphatic rings. The second kappa shape index (κ2) is 9.52. The van der Waals surface area contributed by atoms with Crippen molar-refractivity contribution >= 4 is 52.7 Å². The van der Waals surface area contributed by atoms with Gasteiger partial charge in [0.1, 0.15) is 5.75 Å². The van der Waals surface area contributed by atoms with Crippen LogP contribution >= 0.6 is 35.4 Å². The zero-order valence-electron chi connectivity index (χ0n) is 15.5. The number of hydrogen-bond acceptors (Lipinski definition) is 4. The fourth-order valence-electron chi connectivity index (χ4n) is 2.00. The van der Waals surface area contributed by atoms with E-state index in [1.54, 1.807) is 37.3 Å². The van der Waals surface area contributed by atoms with E-state index in [0.29, 0.717) is 0 Å². The minimum Gasteiger partial charge on any atom is -0.410 e. The lowest BCUT2D eigenvalue weighted by molar-refractivity contribution is 0.139. The number of rotatable bonds is 4. The number of amides is 3. The summed E-state index contributed by atoms with van der Waals surface area (Å²) in [6.07, 6.45) is -0.900. The highest BCUT2D eigenvalue weighted by atomic mass is 35.5. The minimum atomic E-state index is -2.81. The van der Waals surface area contributed by atoms with Crippen molar-refractivity contribution in [2.75, 3.05) is 13.1 Å². The lowest BCUT2D eigenvalue weighted by Crippen LogP contribution is -2.55. The fraction of sp³-hybridized carbons (Fsp3) is 0.471. The normalized spacial score (nSPS) is 11.5. The van der Waals surface area contributed by atoms with Crippen LogP contribution in [0.1, 0.15) is 27.7 Å². The van der Waals surface area contributed by atoms with Gasteiger partial charge in [-0.15, -0.1) is 0 Å². The first-order chi connectivity index (χ1) is 12.3. The summed E-state index contributed by atoms with van der Waals surface area (Å²) in [5, 5.41) is 1.90. The number of benzene rings is 1. The van der Waals surface area contributed by atoms with Gasteiger partial charge in [0.2, 0.25) is 0 Å². The molecule has 10 heteroatoms. The molecular weight excluding hydrogens is 416 g/mol. The van der Waals surface area contributed by atoms with Gasteiger partial charge in [-0.1, -0.05) is 39.0 Å². The highest BCUT2D eigenvalue weighted by Gasteiger charge is 2.35. The van der Waals surface area contributed by atoms with Crippen LogP contribution in [0.3, 0.4) is 0 Å². The third-order valence-corrected chi connectivity index (χ3v) is 3.86. The summed E-state index contributed by atoms with van der Waals surface area (Å²) in [5.74, 6) is 0.274. The number of nitrogens with one attached hydrogen (secondary N) is 1. The molecular formula is C17H22Cl2FN3O3S. The second-order valence-electron chi connectivity index (χ2n) is 6.78. The van der Waals surface area contributed by atoms with Gasteiger partial charge in [-0.2, -0.15) is 4.39 Å². The van der Waals surface area contributed by atoms with Crippen LogP contribution in [0.25, 0.3) is 0 Å². The average Bonchev–Trinajstić information content (AvgIpc) is 2.51. The molecule has 0 saturated heterocycles. The van der Waals surface area contributed by atoms with Crippen LogP contribution in [0.5, 0.6) is 5.75 Å². The van der Waals surface area contributed by atoms with Crippen molar-refractivity contribution in [3.8, 4) is 5.75 Å². The third kappa shape index (κ3) is 7.86. The predicted octanol–water partition coefficient (Wildman–Crippen LogP) is 4.91. The van der Waals surface area contributed by atoms with E-state index in [4.69, 9.17) is 40.2 Å². The molecule has 1 rings (SSSR count). The van der Waals surface area contributed by atoms with Crippen molar-refractivity contribution in [2.45, 2.75) is 32.4 Å². The predicted molar refractivity (Wildman–Crippen MR) is 108 cm³/mol. The van der Waals surface area contributed by atoms with Crippen molar-refractivity contribution in [3.05, 3.63) is 30.3 Å². The van der Waals surface area contributed by atoms with Crippen molar-refractivity contribution in [1.29, 1.82) is 0 Å². The molecule has 0 fully saturated rings. The van der Waals surface area contributed by atoms with Gasteiger partial charge in [0.15, 0.2) is 5.11 Å². The van der Waals surface area contributed by atoms with E-state index in [9.17, 15) is 14.0 Å². The molecule has 27 heavy (non-hydrogen) atoms. The van der Waals surface area contributed by atoms with Crippen LogP contribution in [-0.2, 0) is 0 Å². The molecule has 0 spiro atoms. The average molecular weight is 438 g/mol. The molecule has 3 amide bonds. The van der Waals surface area contributed by atoms with Crippen molar-refractivity contribution in [3.63, 3.8) is 0 Å². The minimum absolute atomic E-state index is 0.00363. The van der Waals surface area contributed by atoms with E-state index in [1.165, 1.54) is 0 Å².